The largest absolute Gasteiger partial charge is 0.494 e. The van der Waals surface area contributed by atoms with E-state index in [1.165, 1.54) is 6.08 Å². The van der Waals surface area contributed by atoms with Gasteiger partial charge in [-0.3, -0.25) is 9.59 Å². The first-order chi connectivity index (χ1) is 15.1. The first-order valence-corrected chi connectivity index (χ1v) is 10.3. The second-order valence-electron chi connectivity index (χ2n) is 6.94. The monoisotopic (exact) mass is 414 g/mol. The molecule has 31 heavy (non-hydrogen) atoms. The fourth-order valence-corrected chi connectivity index (χ4v) is 3.00. The van der Waals surface area contributed by atoms with E-state index in [4.69, 9.17) is 4.74 Å². The standard InChI is InChI=1S/C26H26N2O3/c1-2-31-24-15-11-21(12-16-24)14-18-26(30)28-23-10-6-9-22(19-23)27-25(29)17-13-20-7-4-3-5-8-20/h3-12,14-16,18-19H,2,13,17H2,1H3,(H,27,29)(H,28,30)/b18-14+. The molecule has 0 aromatic heterocycles. The van der Waals surface area contributed by atoms with Gasteiger partial charge >= 0.3 is 0 Å². The van der Waals surface area contributed by atoms with Gasteiger partial charge in [0.1, 0.15) is 5.75 Å². The Labute approximate surface area is 182 Å². The summed E-state index contributed by atoms with van der Waals surface area (Å²) in [5.41, 5.74) is 3.28. The van der Waals surface area contributed by atoms with Gasteiger partial charge in [0, 0.05) is 23.9 Å². The minimum absolute atomic E-state index is 0.0669. The second-order valence-corrected chi connectivity index (χ2v) is 6.94. The lowest BCUT2D eigenvalue weighted by Gasteiger charge is -2.08. The van der Waals surface area contributed by atoms with Gasteiger partial charge in [-0.25, -0.2) is 0 Å². The zero-order valence-electron chi connectivity index (χ0n) is 17.5. The highest BCUT2D eigenvalue weighted by Gasteiger charge is 2.05. The Kier molecular flexibility index (Phi) is 8.00. The van der Waals surface area contributed by atoms with E-state index in [2.05, 4.69) is 10.6 Å². The summed E-state index contributed by atoms with van der Waals surface area (Å²) in [7, 11) is 0. The van der Waals surface area contributed by atoms with Crippen LogP contribution in [0.2, 0.25) is 0 Å². The van der Waals surface area contributed by atoms with Crippen LogP contribution < -0.4 is 15.4 Å². The topological polar surface area (TPSA) is 67.4 Å². The fraction of sp³-hybridized carbons (Fsp3) is 0.154. The van der Waals surface area contributed by atoms with Crippen molar-refractivity contribution >= 4 is 29.3 Å². The quantitative estimate of drug-likeness (QED) is 0.466. The molecule has 0 aliphatic carbocycles. The number of benzene rings is 3. The Morgan fingerprint density at radius 3 is 2.29 bits per heavy atom. The van der Waals surface area contributed by atoms with E-state index >= 15 is 0 Å². The lowest BCUT2D eigenvalue weighted by Crippen LogP contribution is -2.13. The smallest absolute Gasteiger partial charge is 0.248 e. The van der Waals surface area contributed by atoms with Crippen molar-refractivity contribution in [1.82, 2.24) is 0 Å². The third kappa shape index (κ3) is 7.48. The second kappa shape index (κ2) is 11.4. The molecule has 5 nitrogen and oxygen atoms in total. The number of anilines is 2. The summed E-state index contributed by atoms with van der Waals surface area (Å²) in [5, 5.41) is 5.69. The number of nitrogens with one attached hydrogen (secondary N) is 2. The number of aryl methyl sites for hydroxylation is 1. The number of ether oxygens (including phenoxy) is 1. The van der Waals surface area contributed by atoms with E-state index in [-0.39, 0.29) is 11.8 Å². The van der Waals surface area contributed by atoms with Crippen LogP contribution in [-0.4, -0.2) is 18.4 Å². The lowest BCUT2D eigenvalue weighted by molar-refractivity contribution is -0.116. The lowest BCUT2D eigenvalue weighted by atomic mass is 10.1. The van der Waals surface area contributed by atoms with Crippen LogP contribution in [0.15, 0.2) is 84.9 Å². The Morgan fingerprint density at radius 2 is 1.58 bits per heavy atom. The summed E-state index contributed by atoms with van der Waals surface area (Å²) in [6.45, 7) is 2.55. The molecule has 158 valence electrons. The van der Waals surface area contributed by atoms with Crippen LogP contribution in [0.25, 0.3) is 6.08 Å². The summed E-state index contributed by atoms with van der Waals surface area (Å²) in [6.07, 6.45) is 4.28. The first kappa shape index (κ1) is 21.8. The van der Waals surface area contributed by atoms with E-state index in [1.807, 2.05) is 61.5 Å². The molecule has 2 N–H and O–H groups in total. The third-order valence-electron chi connectivity index (χ3n) is 4.52. The SMILES string of the molecule is CCOc1ccc(/C=C/C(=O)Nc2cccc(NC(=O)CCc3ccccc3)c2)cc1. The van der Waals surface area contributed by atoms with Crippen LogP contribution in [0.5, 0.6) is 5.75 Å². The van der Waals surface area contributed by atoms with Crippen LogP contribution in [-0.2, 0) is 16.0 Å². The van der Waals surface area contributed by atoms with Crippen molar-refractivity contribution in [1.29, 1.82) is 0 Å². The summed E-state index contributed by atoms with van der Waals surface area (Å²) in [4.78, 5) is 24.5. The van der Waals surface area contributed by atoms with E-state index in [0.717, 1.165) is 16.9 Å². The minimum Gasteiger partial charge on any atom is -0.494 e. The number of rotatable bonds is 9. The third-order valence-corrected chi connectivity index (χ3v) is 4.52. The average Bonchev–Trinajstić information content (AvgIpc) is 2.78. The van der Waals surface area contributed by atoms with Gasteiger partial charge in [0.15, 0.2) is 0 Å². The number of carbonyl (C=O) groups excluding carboxylic acids is 2. The molecule has 0 unspecified atom stereocenters. The average molecular weight is 415 g/mol. The molecule has 3 aromatic rings. The number of carbonyl (C=O) groups is 2. The molecule has 0 radical (unpaired) electrons. The highest BCUT2D eigenvalue weighted by molar-refractivity contribution is 6.02. The van der Waals surface area contributed by atoms with Crippen molar-refractivity contribution in [2.75, 3.05) is 17.2 Å². The fourth-order valence-electron chi connectivity index (χ4n) is 3.00. The molecule has 0 spiro atoms. The molecule has 0 bridgehead atoms. The Bertz CT molecular complexity index is 1030. The normalized spacial score (nSPS) is 10.6. The van der Waals surface area contributed by atoms with Crippen molar-refractivity contribution in [2.45, 2.75) is 19.8 Å². The van der Waals surface area contributed by atoms with E-state index < -0.39 is 0 Å². The van der Waals surface area contributed by atoms with Gasteiger partial charge in [0.05, 0.1) is 6.61 Å². The molecule has 2 amide bonds. The van der Waals surface area contributed by atoms with Gasteiger partial charge in [0.25, 0.3) is 0 Å². The molecule has 3 aromatic carbocycles. The highest BCUT2D eigenvalue weighted by atomic mass is 16.5. The van der Waals surface area contributed by atoms with Crippen molar-refractivity contribution in [3.8, 4) is 5.75 Å². The molecule has 3 rings (SSSR count). The van der Waals surface area contributed by atoms with E-state index in [9.17, 15) is 9.59 Å². The molecule has 0 saturated heterocycles. The van der Waals surface area contributed by atoms with Crippen LogP contribution in [0.1, 0.15) is 24.5 Å². The molecule has 0 fully saturated rings. The van der Waals surface area contributed by atoms with Crippen molar-refractivity contribution in [3.63, 3.8) is 0 Å². The van der Waals surface area contributed by atoms with Gasteiger partial charge in [-0.05, 0) is 60.9 Å². The van der Waals surface area contributed by atoms with Crippen molar-refractivity contribution < 1.29 is 14.3 Å². The van der Waals surface area contributed by atoms with Gasteiger partial charge < -0.3 is 15.4 Å². The Morgan fingerprint density at radius 1 is 0.871 bits per heavy atom. The van der Waals surface area contributed by atoms with Gasteiger partial charge in [0.2, 0.25) is 11.8 Å². The summed E-state index contributed by atoms with van der Waals surface area (Å²) < 4.78 is 5.41. The number of hydrogen-bond donors (Lipinski definition) is 2. The maximum absolute atomic E-state index is 12.2. The van der Waals surface area contributed by atoms with E-state index in [0.29, 0.717) is 30.8 Å². The summed E-state index contributed by atoms with van der Waals surface area (Å²) in [6, 6.07) is 24.5. The zero-order chi connectivity index (χ0) is 21.9. The molecular formula is C26H26N2O3. The number of hydrogen-bond acceptors (Lipinski definition) is 3. The predicted octanol–water partition coefficient (Wildman–Crippen LogP) is 5.31. The maximum Gasteiger partial charge on any atom is 0.248 e. The molecule has 0 saturated carbocycles. The Balaban J connectivity index is 1.51. The molecule has 0 heterocycles. The van der Waals surface area contributed by atoms with Crippen molar-refractivity contribution in [3.05, 3.63) is 96.1 Å². The highest BCUT2D eigenvalue weighted by Crippen LogP contribution is 2.17. The van der Waals surface area contributed by atoms with Gasteiger partial charge in [-0.1, -0.05) is 48.5 Å². The van der Waals surface area contributed by atoms with Gasteiger partial charge in [-0.2, -0.15) is 0 Å². The molecular weight excluding hydrogens is 388 g/mol. The van der Waals surface area contributed by atoms with Crippen LogP contribution >= 0.6 is 0 Å². The molecule has 0 aliphatic rings. The summed E-state index contributed by atoms with van der Waals surface area (Å²) >= 11 is 0. The maximum atomic E-state index is 12.2. The van der Waals surface area contributed by atoms with Crippen LogP contribution in [0.4, 0.5) is 11.4 Å². The van der Waals surface area contributed by atoms with Crippen LogP contribution in [0.3, 0.4) is 0 Å². The summed E-state index contributed by atoms with van der Waals surface area (Å²) in [5.74, 6) is 0.482. The van der Waals surface area contributed by atoms with E-state index in [1.54, 1.807) is 30.3 Å². The minimum atomic E-state index is -0.249. The van der Waals surface area contributed by atoms with Gasteiger partial charge in [-0.15, -0.1) is 0 Å². The molecule has 5 heteroatoms. The molecule has 0 aliphatic heterocycles. The zero-order valence-corrected chi connectivity index (χ0v) is 17.5. The van der Waals surface area contributed by atoms with Crippen LogP contribution in [0, 0.1) is 0 Å². The molecule has 0 atom stereocenters. The first-order valence-electron chi connectivity index (χ1n) is 10.3. The predicted molar refractivity (Wildman–Crippen MR) is 125 cm³/mol. The Hall–Kier alpha value is -3.86. The van der Waals surface area contributed by atoms with Crippen molar-refractivity contribution in [2.24, 2.45) is 0 Å². The number of amides is 2.